The third-order valence-corrected chi connectivity index (χ3v) is 3.40. The minimum absolute atomic E-state index is 0. The van der Waals surface area contributed by atoms with Crippen molar-refractivity contribution in [3.63, 3.8) is 0 Å². The van der Waals surface area contributed by atoms with E-state index < -0.39 is 0 Å². The maximum Gasteiger partial charge on any atom is 0.191 e. The van der Waals surface area contributed by atoms with Crippen LogP contribution in [0.1, 0.15) is 18.9 Å². The minimum atomic E-state index is 0. The Kier molecular flexibility index (Phi) is 15.2. The second kappa shape index (κ2) is 16.0. The standard InChI is InChI=1S/C18H31N3O4.HI/c1-5-25-16-8-7-15(13-17(16)23-4)14-21-18(19-2)20-9-6-10-24-12-11-22-3;/h7-8,13H,5-6,9-12,14H2,1-4H3,(H2,19,20,21);1H. The van der Waals surface area contributed by atoms with Crippen LogP contribution in [0.3, 0.4) is 0 Å². The molecule has 0 aliphatic rings. The summed E-state index contributed by atoms with van der Waals surface area (Å²) in [6, 6.07) is 5.90. The van der Waals surface area contributed by atoms with Crippen molar-refractivity contribution in [1.82, 2.24) is 10.6 Å². The van der Waals surface area contributed by atoms with E-state index in [-0.39, 0.29) is 24.0 Å². The molecule has 0 heterocycles. The van der Waals surface area contributed by atoms with Gasteiger partial charge in [-0.3, -0.25) is 4.99 Å². The highest BCUT2D eigenvalue weighted by Gasteiger charge is 2.06. The number of ether oxygens (including phenoxy) is 4. The van der Waals surface area contributed by atoms with Crippen LogP contribution in [0, 0.1) is 0 Å². The molecule has 0 unspecified atom stereocenters. The topological polar surface area (TPSA) is 73.3 Å². The van der Waals surface area contributed by atoms with E-state index in [2.05, 4.69) is 15.6 Å². The summed E-state index contributed by atoms with van der Waals surface area (Å²) < 4.78 is 21.3. The Morgan fingerprint density at radius 1 is 1.08 bits per heavy atom. The van der Waals surface area contributed by atoms with Gasteiger partial charge in [0.05, 0.1) is 26.9 Å². The molecular weight excluding hydrogens is 449 g/mol. The van der Waals surface area contributed by atoms with Gasteiger partial charge in [-0.2, -0.15) is 0 Å². The Morgan fingerprint density at radius 3 is 2.54 bits per heavy atom. The van der Waals surface area contributed by atoms with Crippen LogP contribution in [0.25, 0.3) is 0 Å². The third-order valence-electron chi connectivity index (χ3n) is 3.40. The maximum absolute atomic E-state index is 5.53. The summed E-state index contributed by atoms with van der Waals surface area (Å²) in [4.78, 5) is 4.22. The molecule has 26 heavy (non-hydrogen) atoms. The van der Waals surface area contributed by atoms with Crippen molar-refractivity contribution >= 4 is 29.9 Å². The molecule has 1 aromatic carbocycles. The van der Waals surface area contributed by atoms with Gasteiger partial charge < -0.3 is 29.6 Å². The first-order valence-corrected chi connectivity index (χ1v) is 8.56. The summed E-state index contributed by atoms with van der Waals surface area (Å²) in [5.74, 6) is 2.24. The molecule has 0 fully saturated rings. The van der Waals surface area contributed by atoms with Crippen LogP contribution in [0.4, 0.5) is 0 Å². The molecule has 150 valence electrons. The highest BCUT2D eigenvalue weighted by atomic mass is 127. The molecular formula is C18H32IN3O4. The highest BCUT2D eigenvalue weighted by Crippen LogP contribution is 2.27. The number of methoxy groups -OCH3 is 2. The number of nitrogens with zero attached hydrogens (tertiary/aromatic N) is 1. The van der Waals surface area contributed by atoms with Crippen LogP contribution in [0.15, 0.2) is 23.2 Å². The quantitative estimate of drug-likeness (QED) is 0.207. The fourth-order valence-electron chi connectivity index (χ4n) is 2.13. The molecule has 0 atom stereocenters. The molecule has 7 nitrogen and oxygen atoms in total. The van der Waals surface area contributed by atoms with E-state index in [1.165, 1.54) is 0 Å². The molecule has 0 spiro atoms. The van der Waals surface area contributed by atoms with E-state index in [1.54, 1.807) is 21.3 Å². The lowest BCUT2D eigenvalue weighted by Gasteiger charge is -2.14. The van der Waals surface area contributed by atoms with E-state index in [4.69, 9.17) is 18.9 Å². The SMILES string of the molecule is CCOc1ccc(CNC(=NC)NCCCOCCOC)cc1OC.I. The molecule has 1 rings (SSSR count). The summed E-state index contributed by atoms with van der Waals surface area (Å²) in [5.41, 5.74) is 1.09. The van der Waals surface area contributed by atoms with Crippen molar-refractivity contribution in [3.05, 3.63) is 23.8 Å². The Balaban J connectivity index is 0.00000625. The van der Waals surface area contributed by atoms with Gasteiger partial charge in [-0.25, -0.2) is 0 Å². The minimum Gasteiger partial charge on any atom is -0.493 e. The van der Waals surface area contributed by atoms with Crippen molar-refractivity contribution < 1.29 is 18.9 Å². The van der Waals surface area contributed by atoms with Crippen molar-refractivity contribution in [2.24, 2.45) is 4.99 Å². The molecule has 1 aromatic rings. The Hall–Kier alpha value is -1.26. The van der Waals surface area contributed by atoms with Crippen LogP contribution in [-0.2, 0) is 16.0 Å². The Morgan fingerprint density at radius 2 is 1.88 bits per heavy atom. The fourth-order valence-corrected chi connectivity index (χ4v) is 2.13. The number of hydrogen-bond acceptors (Lipinski definition) is 5. The van der Waals surface area contributed by atoms with Crippen molar-refractivity contribution in [1.29, 1.82) is 0 Å². The Labute approximate surface area is 173 Å². The fraction of sp³-hybridized carbons (Fsp3) is 0.611. The molecule has 0 aliphatic heterocycles. The van der Waals surface area contributed by atoms with Crippen molar-refractivity contribution in [2.45, 2.75) is 19.9 Å². The van der Waals surface area contributed by atoms with Gasteiger partial charge in [0, 0.05) is 33.9 Å². The number of nitrogens with one attached hydrogen (secondary N) is 2. The summed E-state index contributed by atoms with van der Waals surface area (Å²) >= 11 is 0. The van der Waals surface area contributed by atoms with E-state index in [0.29, 0.717) is 33.0 Å². The molecule has 0 aromatic heterocycles. The first kappa shape index (κ1) is 24.7. The second-order valence-corrected chi connectivity index (χ2v) is 5.23. The normalized spacial score (nSPS) is 10.8. The smallest absolute Gasteiger partial charge is 0.191 e. The van der Waals surface area contributed by atoms with Gasteiger partial charge in [0.15, 0.2) is 17.5 Å². The number of benzene rings is 1. The maximum atomic E-state index is 5.53. The molecule has 0 amide bonds. The van der Waals surface area contributed by atoms with Gasteiger partial charge >= 0.3 is 0 Å². The predicted octanol–water partition coefficient (Wildman–Crippen LogP) is 2.43. The van der Waals surface area contributed by atoms with Gasteiger partial charge in [-0.1, -0.05) is 6.07 Å². The molecule has 2 N–H and O–H groups in total. The highest BCUT2D eigenvalue weighted by molar-refractivity contribution is 14.0. The molecule has 0 bridgehead atoms. The molecule has 0 saturated carbocycles. The summed E-state index contributed by atoms with van der Waals surface area (Å²) in [6.07, 6.45) is 0.904. The van der Waals surface area contributed by atoms with Gasteiger partial charge in [-0.05, 0) is 31.0 Å². The predicted molar refractivity (Wildman–Crippen MR) is 115 cm³/mol. The van der Waals surface area contributed by atoms with Gasteiger partial charge in [0.1, 0.15) is 0 Å². The van der Waals surface area contributed by atoms with Crippen LogP contribution >= 0.6 is 24.0 Å². The zero-order chi connectivity index (χ0) is 18.3. The average Bonchev–Trinajstić information content (AvgIpc) is 2.64. The van der Waals surface area contributed by atoms with E-state index in [0.717, 1.165) is 36.0 Å². The number of guanidine groups is 1. The zero-order valence-electron chi connectivity index (χ0n) is 16.2. The third kappa shape index (κ3) is 10.0. The van der Waals surface area contributed by atoms with E-state index in [9.17, 15) is 0 Å². The lowest BCUT2D eigenvalue weighted by Crippen LogP contribution is -2.37. The molecule has 0 saturated heterocycles. The van der Waals surface area contributed by atoms with E-state index in [1.807, 2.05) is 25.1 Å². The molecule has 0 radical (unpaired) electrons. The first-order chi connectivity index (χ1) is 12.2. The monoisotopic (exact) mass is 481 g/mol. The van der Waals surface area contributed by atoms with E-state index >= 15 is 0 Å². The molecule has 0 aliphatic carbocycles. The summed E-state index contributed by atoms with van der Waals surface area (Å²) in [5, 5.41) is 6.54. The number of rotatable bonds is 12. The van der Waals surface area contributed by atoms with Crippen molar-refractivity contribution in [3.8, 4) is 11.5 Å². The average molecular weight is 481 g/mol. The van der Waals surface area contributed by atoms with Crippen LogP contribution in [-0.4, -0.2) is 60.2 Å². The van der Waals surface area contributed by atoms with Crippen LogP contribution in [0.2, 0.25) is 0 Å². The van der Waals surface area contributed by atoms with Crippen LogP contribution < -0.4 is 20.1 Å². The van der Waals surface area contributed by atoms with Crippen LogP contribution in [0.5, 0.6) is 11.5 Å². The zero-order valence-corrected chi connectivity index (χ0v) is 18.5. The first-order valence-electron chi connectivity index (χ1n) is 8.56. The lowest BCUT2D eigenvalue weighted by atomic mass is 10.2. The largest absolute Gasteiger partial charge is 0.493 e. The van der Waals surface area contributed by atoms with Gasteiger partial charge in [0.2, 0.25) is 0 Å². The Bertz CT molecular complexity index is 515. The second-order valence-electron chi connectivity index (χ2n) is 5.23. The van der Waals surface area contributed by atoms with Crippen molar-refractivity contribution in [2.75, 3.05) is 54.2 Å². The number of halogens is 1. The number of hydrogen-bond donors (Lipinski definition) is 2. The summed E-state index contributed by atoms with van der Waals surface area (Å²) in [7, 11) is 5.06. The summed E-state index contributed by atoms with van der Waals surface area (Å²) in [6.45, 7) is 5.95. The van der Waals surface area contributed by atoms with Gasteiger partial charge in [0.25, 0.3) is 0 Å². The van der Waals surface area contributed by atoms with Gasteiger partial charge in [-0.15, -0.1) is 24.0 Å². The lowest BCUT2D eigenvalue weighted by molar-refractivity contribution is 0.0698. The number of aliphatic imine (C=N–C) groups is 1. The molecule has 8 heteroatoms.